The molecule has 0 amide bonds. The highest BCUT2D eigenvalue weighted by atomic mass is 16.6. The molecule has 0 bridgehead atoms. The minimum atomic E-state index is 0.712. The standard InChI is InChI=1S/C12H7N5O/c1-2-8(12-9(3-1)15-18-16-12)10-7-17-5-4-13-11(17)6-14-10/h1-7H. The molecule has 3 aromatic heterocycles. The van der Waals surface area contributed by atoms with Crippen LogP contribution < -0.4 is 0 Å². The summed E-state index contributed by atoms with van der Waals surface area (Å²) in [6.45, 7) is 0. The molecule has 0 N–H and O–H groups in total. The van der Waals surface area contributed by atoms with E-state index in [0.29, 0.717) is 5.52 Å². The molecule has 3 heterocycles. The lowest BCUT2D eigenvalue weighted by Gasteiger charge is -2.01. The lowest BCUT2D eigenvalue weighted by Crippen LogP contribution is -1.90. The van der Waals surface area contributed by atoms with Crippen molar-refractivity contribution in [2.75, 3.05) is 0 Å². The highest BCUT2D eigenvalue weighted by Crippen LogP contribution is 2.24. The van der Waals surface area contributed by atoms with E-state index >= 15 is 0 Å². The number of hydrogen-bond donors (Lipinski definition) is 0. The number of aromatic nitrogens is 5. The van der Waals surface area contributed by atoms with Crippen molar-refractivity contribution in [3.8, 4) is 11.3 Å². The van der Waals surface area contributed by atoms with Crippen LogP contribution in [0.25, 0.3) is 27.9 Å². The third kappa shape index (κ3) is 1.22. The van der Waals surface area contributed by atoms with Gasteiger partial charge in [-0.1, -0.05) is 12.1 Å². The Balaban J connectivity index is 2.03. The van der Waals surface area contributed by atoms with Crippen LogP contribution in [0.4, 0.5) is 0 Å². The summed E-state index contributed by atoms with van der Waals surface area (Å²) in [6.07, 6.45) is 7.24. The van der Waals surface area contributed by atoms with Crippen LogP contribution in [-0.4, -0.2) is 24.7 Å². The first kappa shape index (κ1) is 9.29. The van der Waals surface area contributed by atoms with Crippen molar-refractivity contribution in [1.82, 2.24) is 24.7 Å². The van der Waals surface area contributed by atoms with Gasteiger partial charge in [-0.2, -0.15) is 0 Å². The molecule has 0 unspecified atom stereocenters. The molecule has 0 aliphatic rings. The molecular formula is C12H7N5O. The van der Waals surface area contributed by atoms with Gasteiger partial charge in [-0.15, -0.1) is 0 Å². The Bertz CT molecular complexity index is 848. The van der Waals surface area contributed by atoms with E-state index in [1.165, 1.54) is 0 Å². The maximum absolute atomic E-state index is 4.75. The van der Waals surface area contributed by atoms with E-state index in [9.17, 15) is 0 Å². The largest absolute Gasteiger partial charge is 0.304 e. The Morgan fingerprint density at radius 2 is 2.11 bits per heavy atom. The number of imidazole rings is 1. The fraction of sp³-hybridized carbons (Fsp3) is 0. The fourth-order valence-corrected chi connectivity index (χ4v) is 1.98. The van der Waals surface area contributed by atoms with Crippen LogP contribution in [0, 0.1) is 0 Å². The molecule has 0 aliphatic carbocycles. The van der Waals surface area contributed by atoms with Gasteiger partial charge in [-0.25, -0.2) is 9.61 Å². The number of hydrogen-bond acceptors (Lipinski definition) is 5. The van der Waals surface area contributed by atoms with Gasteiger partial charge in [0.05, 0.1) is 11.9 Å². The van der Waals surface area contributed by atoms with E-state index in [2.05, 4.69) is 20.3 Å². The van der Waals surface area contributed by atoms with E-state index < -0.39 is 0 Å². The van der Waals surface area contributed by atoms with E-state index in [4.69, 9.17) is 4.63 Å². The summed E-state index contributed by atoms with van der Waals surface area (Å²) in [4.78, 5) is 8.55. The molecule has 0 saturated heterocycles. The van der Waals surface area contributed by atoms with Gasteiger partial charge >= 0.3 is 0 Å². The van der Waals surface area contributed by atoms with Gasteiger partial charge in [0.25, 0.3) is 0 Å². The van der Waals surface area contributed by atoms with E-state index in [1.54, 1.807) is 12.4 Å². The summed E-state index contributed by atoms with van der Waals surface area (Å²) in [5.41, 5.74) is 3.94. The van der Waals surface area contributed by atoms with E-state index in [-0.39, 0.29) is 0 Å². The van der Waals surface area contributed by atoms with Gasteiger partial charge in [0.1, 0.15) is 11.0 Å². The average molecular weight is 237 g/mol. The Kier molecular flexibility index (Phi) is 1.74. The lowest BCUT2D eigenvalue weighted by atomic mass is 10.1. The second-order valence-electron chi connectivity index (χ2n) is 3.90. The summed E-state index contributed by atoms with van der Waals surface area (Å²) in [6, 6.07) is 5.70. The minimum Gasteiger partial charge on any atom is -0.304 e. The van der Waals surface area contributed by atoms with E-state index in [1.807, 2.05) is 35.0 Å². The minimum absolute atomic E-state index is 0.712. The Morgan fingerprint density at radius 1 is 1.11 bits per heavy atom. The van der Waals surface area contributed by atoms with Gasteiger partial charge in [0.15, 0.2) is 5.65 Å². The molecule has 86 valence electrons. The molecule has 0 atom stereocenters. The number of rotatable bonds is 1. The molecular weight excluding hydrogens is 230 g/mol. The van der Waals surface area contributed by atoms with Gasteiger partial charge in [0.2, 0.25) is 0 Å². The molecule has 18 heavy (non-hydrogen) atoms. The van der Waals surface area contributed by atoms with Crippen molar-refractivity contribution >= 4 is 16.7 Å². The second kappa shape index (κ2) is 3.36. The van der Waals surface area contributed by atoms with Crippen molar-refractivity contribution in [3.63, 3.8) is 0 Å². The van der Waals surface area contributed by atoms with Crippen LogP contribution in [0.3, 0.4) is 0 Å². The summed E-state index contributed by atoms with van der Waals surface area (Å²) < 4.78 is 6.66. The highest BCUT2D eigenvalue weighted by molar-refractivity contribution is 5.89. The first-order chi connectivity index (χ1) is 8.92. The maximum atomic E-state index is 4.75. The van der Waals surface area contributed by atoms with Gasteiger partial charge in [0, 0.05) is 24.2 Å². The van der Waals surface area contributed by atoms with Crippen LogP contribution in [0.15, 0.2) is 47.6 Å². The Hall–Kier alpha value is -2.76. The molecule has 0 aliphatic heterocycles. The van der Waals surface area contributed by atoms with Gasteiger partial charge in [-0.3, -0.25) is 4.98 Å². The Labute approximate surface area is 101 Å². The normalized spacial score (nSPS) is 11.3. The van der Waals surface area contributed by atoms with Crippen molar-refractivity contribution in [1.29, 1.82) is 0 Å². The molecule has 4 rings (SSSR count). The summed E-state index contributed by atoms with van der Waals surface area (Å²) >= 11 is 0. The molecule has 0 spiro atoms. The lowest BCUT2D eigenvalue weighted by molar-refractivity contribution is 0.315. The summed E-state index contributed by atoms with van der Waals surface area (Å²) in [5, 5.41) is 7.74. The molecule has 0 radical (unpaired) electrons. The quantitative estimate of drug-likeness (QED) is 0.506. The molecule has 1 aromatic carbocycles. The van der Waals surface area contributed by atoms with E-state index in [0.717, 1.165) is 22.4 Å². The van der Waals surface area contributed by atoms with Gasteiger partial charge < -0.3 is 4.40 Å². The smallest absolute Gasteiger partial charge is 0.155 e. The number of benzene rings is 1. The zero-order chi connectivity index (χ0) is 11.9. The monoisotopic (exact) mass is 237 g/mol. The Morgan fingerprint density at radius 3 is 3.11 bits per heavy atom. The van der Waals surface area contributed by atoms with Crippen LogP contribution >= 0.6 is 0 Å². The van der Waals surface area contributed by atoms with Crippen molar-refractivity contribution in [2.24, 2.45) is 0 Å². The molecule has 4 aromatic rings. The zero-order valence-corrected chi connectivity index (χ0v) is 9.19. The molecule has 6 nitrogen and oxygen atoms in total. The predicted octanol–water partition coefficient (Wildman–Crippen LogP) is 1.93. The van der Waals surface area contributed by atoms with Crippen LogP contribution in [0.1, 0.15) is 0 Å². The molecule has 0 fully saturated rings. The van der Waals surface area contributed by atoms with Crippen LogP contribution in [-0.2, 0) is 0 Å². The predicted molar refractivity (Wildman–Crippen MR) is 63.8 cm³/mol. The molecule has 6 heteroatoms. The van der Waals surface area contributed by atoms with Crippen LogP contribution in [0.2, 0.25) is 0 Å². The van der Waals surface area contributed by atoms with Gasteiger partial charge in [-0.05, 0) is 16.4 Å². The first-order valence-electron chi connectivity index (χ1n) is 5.42. The first-order valence-corrected chi connectivity index (χ1v) is 5.42. The summed E-state index contributed by atoms with van der Waals surface area (Å²) in [7, 11) is 0. The highest BCUT2D eigenvalue weighted by Gasteiger charge is 2.10. The summed E-state index contributed by atoms with van der Waals surface area (Å²) in [5.74, 6) is 0. The fourth-order valence-electron chi connectivity index (χ4n) is 1.98. The average Bonchev–Trinajstić information content (AvgIpc) is 3.05. The number of fused-ring (bicyclic) bond motifs is 2. The van der Waals surface area contributed by atoms with Crippen LogP contribution in [0.5, 0.6) is 0 Å². The topological polar surface area (TPSA) is 69.1 Å². The SMILES string of the molecule is c1cc(-c2cn3ccnc3cn2)c2nonc2c1. The van der Waals surface area contributed by atoms with Crippen molar-refractivity contribution in [2.45, 2.75) is 0 Å². The third-order valence-corrected chi connectivity index (χ3v) is 2.84. The third-order valence-electron chi connectivity index (χ3n) is 2.84. The van der Waals surface area contributed by atoms with Crippen molar-refractivity contribution in [3.05, 3.63) is 43.0 Å². The second-order valence-corrected chi connectivity index (χ2v) is 3.90. The van der Waals surface area contributed by atoms with Crippen molar-refractivity contribution < 1.29 is 4.63 Å². The number of nitrogens with zero attached hydrogens (tertiary/aromatic N) is 5. The maximum Gasteiger partial charge on any atom is 0.155 e. The zero-order valence-electron chi connectivity index (χ0n) is 9.19. The molecule has 0 saturated carbocycles.